The predicted octanol–water partition coefficient (Wildman–Crippen LogP) is 4.75. The van der Waals surface area contributed by atoms with Crippen molar-refractivity contribution in [1.82, 2.24) is 0 Å². The van der Waals surface area contributed by atoms with Crippen LogP contribution in [-0.4, -0.2) is 17.0 Å². The number of phenols is 1. The van der Waals surface area contributed by atoms with E-state index in [1.165, 1.54) is 108 Å². The molecule has 1 N–H and O–H groups in total. The summed E-state index contributed by atoms with van der Waals surface area (Å²) in [7, 11) is 0. The molecule has 0 aromatic heterocycles. The van der Waals surface area contributed by atoms with Gasteiger partial charge in [0.15, 0.2) is 0 Å². The summed E-state index contributed by atoms with van der Waals surface area (Å²) in [6.45, 7) is 2.27. The minimum absolute atomic E-state index is 0. The van der Waals surface area contributed by atoms with Crippen LogP contribution in [0.2, 0.25) is 0 Å². The van der Waals surface area contributed by atoms with Crippen LogP contribution in [0.3, 0.4) is 0 Å². The first-order valence-electron chi connectivity index (χ1n) is 11.7. The molecule has 0 aliphatic heterocycles. The third kappa shape index (κ3) is 23.1. The number of aromatic carboxylic acids is 1. The molecule has 0 saturated heterocycles. The van der Waals surface area contributed by atoms with Gasteiger partial charge in [-0.1, -0.05) is 96.8 Å². The molecule has 0 spiro atoms. The van der Waals surface area contributed by atoms with Gasteiger partial charge in [-0.15, -0.1) is 0 Å². The maximum atomic E-state index is 10.2. The number of carboxylic acids is 2. The molecule has 0 radical (unpaired) electrons. The van der Waals surface area contributed by atoms with Crippen LogP contribution in [0.5, 0.6) is 5.75 Å². The van der Waals surface area contributed by atoms with Gasteiger partial charge in [0.05, 0.1) is 5.97 Å². The Balaban J connectivity index is 0. The average Bonchev–Trinajstić information content (AvgIpc) is 2.71. The van der Waals surface area contributed by atoms with Crippen molar-refractivity contribution in [1.29, 1.82) is 0 Å². The molecule has 0 heterocycles. The maximum Gasteiger partial charge on any atom is 2.00 e. The van der Waals surface area contributed by atoms with Crippen molar-refractivity contribution in [2.24, 2.45) is 0 Å². The number of unbranched alkanes of at least 4 members (excludes halogenated alkanes) is 14. The fourth-order valence-electron chi connectivity index (χ4n) is 3.24. The number of hydrogen-bond donors (Lipinski definition) is 1. The molecule has 0 unspecified atom stereocenters. The fraction of sp³-hybridized carbons (Fsp3) is 0.680. The number of aliphatic carboxylic acids is 1. The number of phenolic OH excluding ortho intramolecular Hbond substituents is 1. The van der Waals surface area contributed by atoms with E-state index in [-0.39, 0.29) is 37.2 Å². The van der Waals surface area contributed by atoms with Gasteiger partial charge in [0, 0.05) is 5.97 Å². The zero-order chi connectivity index (χ0) is 22.5. The fourth-order valence-corrected chi connectivity index (χ4v) is 3.24. The molecule has 1 aromatic carbocycles. The van der Waals surface area contributed by atoms with E-state index in [2.05, 4.69) is 6.92 Å². The third-order valence-electron chi connectivity index (χ3n) is 5.09. The van der Waals surface area contributed by atoms with Gasteiger partial charge < -0.3 is 24.9 Å². The normalized spacial score (nSPS) is 9.97. The second-order valence-electron chi connectivity index (χ2n) is 7.91. The van der Waals surface area contributed by atoms with E-state index in [0.717, 1.165) is 12.8 Å². The van der Waals surface area contributed by atoms with Crippen LogP contribution >= 0.6 is 0 Å². The summed E-state index contributed by atoms with van der Waals surface area (Å²) in [5.74, 6) is -2.09. The molecular weight excluding hydrogens is 446 g/mol. The Hall–Kier alpha value is -1.42. The van der Waals surface area contributed by atoms with Crippen molar-refractivity contribution in [3.8, 4) is 5.75 Å². The zero-order valence-electron chi connectivity index (χ0n) is 19.4. The van der Waals surface area contributed by atoms with Crippen LogP contribution in [0.4, 0.5) is 0 Å². The molecule has 0 saturated carbocycles. The minimum atomic E-state index is -1.24. The van der Waals surface area contributed by atoms with Crippen LogP contribution in [0.1, 0.15) is 120 Å². The average molecular weight is 486 g/mol. The number of hydrogen-bond acceptors (Lipinski definition) is 5. The Kier molecular flexibility index (Phi) is 23.8. The molecule has 6 heteroatoms. The summed E-state index contributed by atoms with van der Waals surface area (Å²) in [5, 5.41) is 29.1. The first-order valence-corrected chi connectivity index (χ1v) is 11.7. The molecule has 172 valence electrons. The number of benzene rings is 1. The molecule has 1 aromatic rings. The van der Waals surface area contributed by atoms with E-state index < -0.39 is 11.9 Å². The van der Waals surface area contributed by atoms with Crippen molar-refractivity contribution in [3.05, 3.63) is 29.8 Å². The molecule has 0 bridgehead atoms. The second kappa shape index (κ2) is 23.3. The summed E-state index contributed by atoms with van der Waals surface area (Å²) in [5.41, 5.74) is 0.0674. The molecule has 0 fully saturated rings. The van der Waals surface area contributed by atoms with Gasteiger partial charge in [-0.2, -0.15) is 0 Å². The van der Waals surface area contributed by atoms with Crippen LogP contribution < -0.4 is 10.2 Å². The second-order valence-corrected chi connectivity index (χ2v) is 7.91. The van der Waals surface area contributed by atoms with E-state index in [1.54, 1.807) is 0 Å². The van der Waals surface area contributed by atoms with E-state index in [0.29, 0.717) is 0 Å². The number of carbonyl (C=O) groups excluding carboxylic acids is 2. The Bertz CT molecular complexity index is 545. The van der Waals surface area contributed by atoms with Gasteiger partial charge in [-0.05, 0) is 42.7 Å². The van der Waals surface area contributed by atoms with Crippen LogP contribution in [-0.2, 0) is 24.3 Å². The molecule has 0 amide bonds. The van der Waals surface area contributed by atoms with Crippen molar-refractivity contribution >= 4 is 11.9 Å². The van der Waals surface area contributed by atoms with Gasteiger partial charge >= 0.3 is 19.5 Å². The largest absolute Gasteiger partial charge is 2.00 e. The van der Waals surface area contributed by atoms with Gasteiger partial charge in [0.25, 0.3) is 0 Å². The monoisotopic (exact) mass is 484 g/mol. The SMILES string of the molecule is CCCCCCCCCCCCCCCCCC(=O)[O-].O=C([O-])c1ccc(O)cc1.[Zn+2]. The Labute approximate surface area is 201 Å². The van der Waals surface area contributed by atoms with Crippen molar-refractivity contribution in [2.45, 2.75) is 110 Å². The number of carbonyl (C=O) groups is 2. The molecule has 0 aliphatic rings. The zero-order valence-corrected chi connectivity index (χ0v) is 22.4. The summed E-state index contributed by atoms with van der Waals surface area (Å²) in [4.78, 5) is 20.3. The summed E-state index contributed by atoms with van der Waals surface area (Å²) >= 11 is 0. The Morgan fingerprint density at radius 1 is 0.677 bits per heavy atom. The van der Waals surface area contributed by atoms with Crippen LogP contribution in [0.25, 0.3) is 0 Å². The van der Waals surface area contributed by atoms with E-state index in [4.69, 9.17) is 5.11 Å². The van der Waals surface area contributed by atoms with Crippen molar-refractivity contribution in [2.75, 3.05) is 0 Å². The molecule has 0 atom stereocenters. The van der Waals surface area contributed by atoms with Gasteiger partial charge in [-0.25, -0.2) is 0 Å². The van der Waals surface area contributed by atoms with E-state index >= 15 is 0 Å². The maximum absolute atomic E-state index is 10.2. The standard InChI is InChI=1S/C18H36O2.C7H6O3.Zn/c1-2-3-4-5-6-7-8-9-10-11-12-13-14-15-16-17-18(19)20;8-6-3-1-5(2-4-6)7(9)10;/h2-17H2,1H3,(H,19,20);1-4,8H,(H,9,10);/q;;+2/p-2. The summed E-state index contributed by atoms with van der Waals surface area (Å²) in [6, 6.07) is 5.16. The van der Waals surface area contributed by atoms with Gasteiger partial charge in [-0.3, -0.25) is 0 Å². The van der Waals surface area contributed by atoms with Gasteiger partial charge in [0.1, 0.15) is 5.75 Å². The topological polar surface area (TPSA) is 100 Å². The number of aromatic hydroxyl groups is 1. The summed E-state index contributed by atoms with van der Waals surface area (Å²) < 4.78 is 0. The number of carboxylic acid groups (broad SMARTS) is 2. The Morgan fingerprint density at radius 2 is 1.03 bits per heavy atom. The molecular formula is C25H40O5Zn. The molecule has 1 rings (SSSR count). The number of rotatable bonds is 17. The quantitative estimate of drug-likeness (QED) is 0.253. The smallest absolute Gasteiger partial charge is 0.550 e. The Morgan fingerprint density at radius 3 is 1.35 bits per heavy atom. The first kappa shape index (κ1) is 31.8. The van der Waals surface area contributed by atoms with Crippen molar-refractivity contribution < 1.29 is 44.4 Å². The van der Waals surface area contributed by atoms with Gasteiger partial charge in [0.2, 0.25) is 0 Å². The molecule has 5 nitrogen and oxygen atoms in total. The van der Waals surface area contributed by atoms with E-state index in [9.17, 15) is 19.8 Å². The van der Waals surface area contributed by atoms with Crippen LogP contribution in [0, 0.1) is 0 Å². The van der Waals surface area contributed by atoms with Crippen molar-refractivity contribution in [3.63, 3.8) is 0 Å². The summed E-state index contributed by atoms with van der Waals surface area (Å²) in [6.07, 6.45) is 19.9. The predicted molar refractivity (Wildman–Crippen MR) is 117 cm³/mol. The third-order valence-corrected chi connectivity index (χ3v) is 5.09. The molecule has 0 aliphatic carbocycles. The first-order chi connectivity index (χ1) is 14.5. The molecule has 31 heavy (non-hydrogen) atoms. The minimum Gasteiger partial charge on any atom is -0.550 e. The van der Waals surface area contributed by atoms with Crippen LogP contribution in [0.15, 0.2) is 24.3 Å². The van der Waals surface area contributed by atoms with E-state index in [1.807, 2.05) is 0 Å².